The summed E-state index contributed by atoms with van der Waals surface area (Å²) in [6, 6.07) is 3.67. The number of hydrogen-bond acceptors (Lipinski definition) is 4. The molecule has 0 aromatic heterocycles. The summed E-state index contributed by atoms with van der Waals surface area (Å²) in [5, 5.41) is 3.25. The number of methoxy groups -OCH3 is 1. The second kappa shape index (κ2) is 6.96. The number of benzene rings is 1. The molecule has 1 aliphatic heterocycles. The minimum atomic E-state index is -3.44. The number of piperazine rings is 1. The quantitative estimate of drug-likeness (QED) is 0.914. The number of rotatable bonds is 3. The van der Waals surface area contributed by atoms with Crippen LogP contribution in [0.2, 0.25) is 0 Å². The van der Waals surface area contributed by atoms with Crippen LogP contribution in [0.25, 0.3) is 0 Å². The van der Waals surface area contributed by atoms with E-state index in [0.717, 1.165) is 16.9 Å². The highest BCUT2D eigenvalue weighted by Gasteiger charge is 2.30. The van der Waals surface area contributed by atoms with Crippen LogP contribution in [0, 0.1) is 13.8 Å². The lowest BCUT2D eigenvalue weighted by Crippen LogP contribution is -2.51. The average Bonchev–Trinajstić information content (AvgIpc) is 2.40. The number of nitrogens with zero attached hydrogens (tertiary/aromatic N) is 1. The Morgan fingerprint density at radius 2 is 1.95 bits per heavy atom. The van der Waals surface area contributed by atoms with Crippen molar-refractivity contribution in [3.8, 4) is 5.75 Å². The molecular weight excluding hydrogens is 312 g/mol. The SMILES string of the molecule is COc1cc(C)c(S(=O)(=O)N2CCNC(C)C2)cc1C.Cl. The van der Waals surface area contributed by atoms with Gasteiger partial charge in [-0.15, -0.1) is 12.4 Å². The van der Waals surface area contributed by atoms with Crippen LogP contribution in [0.15, 0.2) is 17.0 Å². The van der Waals surface area contributed by atoms with Crippen LogP contribution in [0.1, 0.15) is 18.1 Å². The molecule has 1 fully saturated rings. The number of sulfonamides is 1. The van der Waals surface area contributed by atoms with Crippen LogP contribution in [0.3, 0.4) is 0 Å². The fraction of sp³-hybridized carbons (Fsp3) is 0.571. The molecule has 5 nitrogen and oxygen atoms in total. The highest BCUT2D eigenvalue weighted by molar-refractivity contribution is 7.89. The highest BCUT2D eigenvalue weighted by Crippen LogP contribution is 2.28. The highest BCUT2D eigenvalue weighted by atomic mass is 35.5. The Kier molecular flexibility index (Phi) is 6.04. The molecule has 1 unspecified atom stereocenters. The molecular formula is C14H23ClN2O3S. The molecule has 0 bridgehead atoms. The van der Waals surface area contributed by atoms with Gasteiger partial charge in [-0.1, -0.05) is 0 Å². The van der Waals surface area contributed by atoms with Crippen molar-refractivity contribution in [2.24, 2.45) is 0 Å². The van der Waals surface area contributed by atoms with Crippen LogP contribution in [0.4, 0.5) is 0 Å². The van der Waals surface area contributed by atoms with E-state index in [4.69, 9.17) is 4.74 Å². The van der Waals surface area contributed by atoms with Gasteiger partial charge in [0.05, 0.1) is 12.0 Å². The second-order valence-corrected chi connectivity index (χ2v) is 7.21. The van der Waals surface area contributed by atoms with Gasteiger partial charge in [-0.25, -0.2) is 8.42 Å². The van der Waals surface area contributed by atoms with E-state index in [0.29, 0.717) is 24.5 Å². The van der Waals surface area contributed by atoms with Gasteiger partial charge in [0.1, 0.15) is 5.75 Å². The Labute approximate surface area is 133 Å². The van der Waals surface area contributed by atoms with Crippen LogP contribution >= 0.6 is 12.4 Å². The van der Waals surface area contributed by atoms with E-state index < -0.39 is 10.0 Å². The standard InChI is InChI=1S/C14H22N2O3S.ClH/c1-10-8-14(11(2)7-13(10)19-4)20(17,18)16-6-5-15-12(3)9-16;/h7-8,12,15H,5-6,9H2,1-4H3;1H. The normalized spacial score (nSPS) is 19.9. The lowest BCUT2D eigenvalue weighted by molar-refractivity contribution is 0.310. The molecule has 1 aromatic rings. The number of hydrogen-bond donors (Lipinski definition) is 1. The summed E-state index contributed by atoms with van der Waals surface area (Å²) in [7, 11) is -1.84. The van der Waals surface area contributed by atoms with Gasteiger partial charge in [0.25, 0.3) is 0 Å². The number of halogens is 1. The first-order chi connectivity index (χ1) is 9.36. The van der Waals surface area contributed by atoms with E-state index in [1.54, 1.807) is 30.5 Å². The summed E-state index contributed by atoms with van der Waals surface area (Å²) in [5.41, 5.74) is 1.55. The molecule has 0 spiro atoms. The Bertz CT molecular complexity index is 604. The lowest BCUT2D eigenvalue weighted by atomic mass is 10.1. The summed E-state index contributed by atoms with van der Waals surface area (Å²) >= 11 is 0. The third-order valence-electron chi connectivity index (χ3n) is 3.64. The summed E-state index contributed by atoms with van der Waals surface area (Å²) in [4.78, 5) is 0.380. The predicted molar refractivity (Wildman–Crippen MR) is 85.9 cm³/mol. The smallest absolute Gasteiger partial charge is 0.243 e. The third kappa shape index (κ3) is 3.69. The van der Waals surface area contributed by atoms with Gasteiger partial charge in [0, 0.05) is 25.7 Å². The van der Waals surface area contributed by atoms with Gasteiger partial charge in [0.15, 0.2) is 0 Å². The summed E-state index contributed by atoms with van der Waals surface area (Å²) in [6.45, 7) is 7.37. The van der Waals surface area contributed by atoms with E-state index in [-0.39, 0.29) is 18.4 Å². The van der Waals surface area contributed by atoms with Crippen molar-refractivity contribution in [1.29, 1.82) is 0 Å². The Hall–Kier alpha value is -0.820. The van der Waals surface area contributed by atoms with E-state index in [2.05, 4.69) is 5.32 Å². The van der Waals surface area contributed by atoms with Gasteiger partial charge in [-0.3, -0.25) is 0 Å². The van der Waals surface area contributed by atoms with E-state index >= 15 is 0 Å². The van der Waals surface area contributed by atoms with Gasteiger partial charge in [-0.2, -0.15) is 4.31 Å². The Balaban J connectivity index is 0.00000220. The topological polar surface area (TPSA) is 58.6 Å². The molecule has 7 heteroatoms. The first-order valence-electron chi connectivity index (χ1n) is 6.75. The van der Waals surface area contributed by atoms with Crippen molar-refractivity contribution in [3.05, 3.63) is 23.3 Å². The van der Waals surface area contributed by atoms with Gasteiger partial charge in [-0.05, 0) is 44.0 Å². The molecule has 1 saturated heterocycles. The largest absolute Gasteiger partial charge is 0.496 e. The monoisotopic (exact) mass is 334 g/mol. The number of nitrogens with one attached hydrogen (secondary N) is 1. The minimum Gasteiger partial charge on any atom is -0.496 e. The fourth-order valence-electron chi connectivity index (χ4n) is 2.52. The van der Waals surface area contributed by atoms with Crippen LogP contribution in [-0.2, 0) is 10.0 Å². The zero-order valence-corrected chi connectivity index (χ0v) is 14.5. The maximum absolute atomic E-state index is 12.8. The van der Waals surface area contributed by atoms with Crippen LogP contribution in [0.5, 0.6) is 5.75 Å². The zero-order chi connectivity index (χ0) is 14.9. The molecule has 1 heterocycles. The van der Waals surface area contributed by atoms with Gasteiger partial charge < -0.3 is 10.1 Å². The number of ether oxygens (including phenoxy) is 1. The molecule has 1 aromatic carbocycles. The zero-order valence-electron chi connectivity index (χ0n) is 12.8. The first kappa shape index (κ1) is 18.2. The molecule has 21 heavy (non-hydrogen) atoms. The fourth-order valence-corrected chi connectivity index (χ4v) is 4.34. The Morgan fingerprint density at radius 1 is 1.29 bits per heavy atom. The molecule has 0 aliphatic carbocycles. The summed E-state index contributed by atoms with van der Waals surface area (Å²) in [5.74, 6) is 0.718. The molecule has 120 valence electrons. The minimum absolute atomic E-state index is 0. The molecule has 1 aliphatic rings. The first-order valence-corrected chi connectivity index (χ1v) is 8.19. The van der Waals surface area contributed by atoms with Crippen molar-refractivity contribution in [1.82, 2.24) is 9.62 Å². The van der Waals surface area contributed by atoms with Crippen molar-refractivity contribution >= 4 is 22.4 Å². The summed E-state index contributed by atoms with van der Waals surface area (Å²) < 4.78 is 32.3. The third-order valence-corrected chi connectivity index (χ3v) is 5.65. The molecule has 1 atom stereocenters. The Morgan fingerprint density at radius 3 is 2.52 bits per heavy atom. The van der Waals surface area contributed by atoms with Crippen molar-refractivity contribution < 1.29 is 13.2 Å². The van der Waals surface area contributed by atoms with Crippen LogP contribution < -0.4 is 10.1 Å². The molecule has 0 saturated carbocycles. The van der Waals surface area contributed by atoms with Gasteiger partial charge >= 0.3 is 0 Å². The molecule has 1 N–H and O–H groups in total. The van der Waals surface area contributed by atoms with E-state index in [1.807, 2.05) is 13.8 Å². The molecule has 0 amide bonds. The van der Waals surface area contributed by atoms with Crippen molar-refractivity contribution in [3.63, 3.8) is 0 Å². The van der Waals surface area contributed by atoms with E-state index in [9.17, 15) is 8.42 Å². The lowest BCUT2D eigenvalue weighted by Gasteiger charge is -2.31. The van der Waals surface area contributed by atoms with E-state index in [1.165, 1.54) is 0 Å². The summed E-state index contributed by atoms with van der Waals surface area (Å²) in [6.07, 6.45) is 0. The number of aryl methyl sites for hydroxylation is 2. The second-order valence-electron chi connectivity index (χ2n) is 5.31. The predicted octanol–water partition coefficient (Wildman–Crippen LogP) is 1.72. The molecule has 0 radical (unpaired) electrons. The van der Waals surface area contributed by atoms with Gasteiger partial charge in [0.2, 0.25) is 10.0 Å². The van der Waals surface area contributed by atoms with Crippen molar-refractivity contribution in [2.45, 2.75) is 31.7 Å². The van der Waals surface area contributed by atoms with Crippen molar-refractivity contribution in [2.75, 3.05) is 26.7 Å². The van der Waals surface area contributed by atoms with Crippen LogP contribution in [-0.4, -0.2) is 45.5 Å². The maximum atomic E-state index is 12.8. The average molecular weight is 335 g/mol. The molecule has 2 rings (SSSR count). The maximum Gasteiger partial charge on any atom is 0.243 e.